The van der Waals surface area contributed by atoms with Crippen molar-refractivity contribution < 1.29 is 14.4 Å². The third-order valence-corrected chi connectivity index (χ3v) is 8.28. The molecular formula is C37H29N3O3S. The fourth-order valence-electron chi connectivity index (χ4n) is 5.11. The zero-order chi connectivity index (χ0) is 30.5. The van der Waals surface area contributed by atoms with Crippen molar-refractivity contribution in [3.63, 3.8) is 0 Å². The molecular weight excluding hydrogens is 566 g/mol. The number of para-hydroxylation sites is 2. The standard InChI is InChI=1S/C37H29N3O3S/c1-25-12-5-6-15-27(25)22-32(39-36(42)26-13-3-2-4-14-26)37(43)38-28-16-11-17-29(23-28)44-24-35(41)40-33-20-9-7-18-30(33)31-19-8-10-21-34(31)40/h2-23H,24H2,1H3,(H,38,43)(H,39,42)/b32-22-. The van der Waals surface area contributed by atoms with Crippen LogP contribution in [-0.4, -0.2) is 28.0 Å². The third kappa shape index (κ3) is 6.19. The van der Waals surface area contributed by atoms with E-state index in [9.17, 15) is 14.4 Å². The second-order valence-corrected chi connectivity index (χ2v) is 11.3. The van der Waals surface area contributed by atoms with Crippen LogP contribution in [-0.2, 0) is 4.79 Å². The minimum Gasteiger partial charge on any atom is -0.321 e. The largest absolute Gasteiger partial charge is 0.321 e. The van der Waals surface area contributed by atoms with Crippen molar-refractivity contribution in [2.45, 2.75) is 11.8 Å². The minimum absolute atomic E-state index is 0.0334. The van der Waals surface area contributed by atoms with Gasteiger partial charge in [-0.05, 0) is 66.6 Å². The van der Waals surface area contributed by atoms with Gasteiger partial charge in [0.05, 0.1) is 16.8 Å². The van der Waals surface area contributed by atoms with Crippen LogP contribution in [0.5, 0.6) is 0 Å². The Kier molecular flexibility index (Phi) is 8.39. The van der Waals surface area contributed by atoms with Gasteiger partial charge in [0, 0.05) is 26.9 Å². The first-order valence-corrected chi connectivity index (χ1v) is 15.2. The first kappa shape index (κ1) is 28.7. The van der Waals surface area contributed by atoms with E-state index in [1.807, 2.05) is 104 Å². The number of nitrogens with one attached hydrogen (secondary N) is 2. The molecule has 0 bridgehead atoms. The summed E-state index contributed by atoms with van der Waals surface area (Å²) in [5, 5.41) is 7.79. The summed E-state index contributed by atoms with van der Waals surface area (Å²) in [6.45, 7) is 1.95. The molecule has 0 aliphatic heterocycles. The summed E-state index contributed by atoms with van der Waals surface area (Å²) in [6, 6.07) is 39.6. The molecule has 6 rings (SSSR count). The number of carbonyl (C=O) groups excluding carboxylic acids is 3. The van der Waals surface area contributed by atoms with Crippen molar-refractivity contribution >= 4 is 63.1 Å². The molecule has 0 aliphatic carbocycles. The van der Waals surface area contributed by atoms with Gasteiger partial charge in [-0.25, -0.2) is 0 Å². The average Bonchev–Trinajstić information content (AvgIpc) is 3.39. The van der Waals surface area contributed by atoms with Gasteiger partial charge in [-0.15, -0.1) is 11.8 Å². The molecule has 0 radical (unpaired) electrons. The average molecular weight is 596 g/mol. The van der Waals surface area contributed by atoms with Gasteiger partial charge in [0.1, 0.15) is 5.70 Å². The summed E-state index contributed by atoms with van der Waals surface area (Å²) in [4.78, 5) is 40.8. The smallest absolute Gasteiger partial charge is 0.272 e. The number of nitrogens with zero attached hydrogens (tertiary/aromatic N) is 1. The molecule has 6 nitrogen and oxygen atoms in total. The number of anilines is 1. The number of thioether (sulfide) groups is 1. The van der Waals surface area contributed by atoms with Gasteiger partial charge >= 0.3 is 0 Å². The normalized spacial score (nSPS) is 11.4. The van der Waals surface area contributed by atoms with E-state index in [1.54, 1.807) is 41.0 Å². The van der Waals surface area contributed by atoms with Gasteiger partial charge in [0.25, 0.3) is 11.8 Å². The predicted octanol–water partition coefficient (Wildman–Crippen LogP) is 7.95. The van der Waals surface area contributed by atoms with Crippen LogP contribution < -0.4 is 10.6 Å². The lowest BCUT2D eigenvalue weighted by atomic mass is 10.1. The Morgan fingerprint density at radius 2 is 1.36 bits per heavy atom. The SMILES string of the molecule is Cc1ccccc1/C=C(\NC(=O)c1ccccc1)C(=O)Nc1cccc(SCC(=O)n2c3ccccc3c3ccccc32)c1. The van der Waals surface area contributed by atoms with Crippen molar-refractivity contribution in [3.05, 3.63) is 150 Å². The van der Waals surface area contributed by atoms with Crippen LogP contribution >= 0.6 is 11.8 Å². The van der Waals surface area contributed by atoms with Gasteiger partial charge < -0.3 is 10.6 Å². The number of carbonyl (C=O) groups is 3. The van der Waals surface area contributed by atoms with Crippen molar-refractivity contribution in [2.24, 2.45) is 0 Å². The summed E-state index contributed by atoms with van der Waals surface area (Å²) in [5.74, 6) is -0.658. The number of amides is 2. The van der Waals surface area contributed by atoms with E-state index in [0.29, 0.717) is 11.3 Å². The van der Waals surface area contributed by atoms with Crippen molar-refractivity contribution in [1.82, 2.24) is 9.88 Å². The molecule has 7 heteroatoms. The van der Waals surface area contributed by atoms with Gasteiger partial charge in [0.15, 0.2) is 0 Å². The highest BCUT2D eigenvalue weighted by Crippen LogP contribution is 2.30. The van der Waals surface area contributed by atoms with Crippen LogP contribution in [0.3, 0.4) is 0 Å². The van der Waals surface area contributed by atoms with Crippen LogP contribution in [0.1, 0.15) is 26.3 Å². The number of rotatable bonds is 8. The van der Waals surface area contributed by atoms with Crippen LogP contribution in [0.2, 0.25) is 0 Å². The van der Waals surface area contributed by atoms with Crippen LogP contribution in [0, 0.1) is 6.92 Å². The highest BCUT2D eigenvalue weighted by molar-refractivity contribution is 8.00. The minimum atomic E-state index is -0.457. The summed E-state index contributed by atoms with van der Waals surface area (Å²) < 4.78 is 1.78. The van der Waals surface area contributed by atoms with E-state index < -0.39 is 5.91 Å². The molecule has 0 spiro atoms. The molecule has 5 aromatic carbocycles. The van der Waals surface area contributed by atoms with Crippen molar-refractivity contribution in [3.8, 4) is 0 Å². The lowest BCUT2D eigenvalue weighted by Crippen LogP contribution is -2.30. The predicted molar refractivity (Wildman–Crippen MR) is 179 cm³/mol. The number of hydrogen-bond donors (Lipinski definition) is 2. The Morgan fingerprint density at radius 1 is 0.727 bits per heavy atom. The zero-order valence-electron chi connectivity index (χ0n) is 24.0. The van der Waals surface area contributed by atoms with E-state index in [4.69, 9.17) is 0 Å². The number of aromatic nitrogens is 1. The maximum absolute atomic E-state index is 13.5. The van der Waals surface area contributed by atoms with Crippen LogP contribution in [0.4, 0.5) is 5.69 Å². The molecule has 6 aromatic rings. The van der Waals surface area contributed by atoms with Gasteiger partial charge in [-0.1, -0.05) is 84.9 Å². The van der Waals surface area contributed by atoms with Gasteiger partial charge in [-0.2, -0.15) is 0 Å². The molecule has 0 atom stereocenters. The Hall–Kier alpha value is -5.40. The Bertz CT molecular complexity index is 1990. The highest BCUT2D eigenvalue weighted by Gasteiger charge is 2.17. The summed E-state index contributed by atoms with van der Waals surface area (Å²) in [6.07, 6.45) is 1.68. The topological polar surface area (TPSA) is 80.2 Å². The number of hydrogen-bond acceptors (Lipinski definition) is 4. The number of benzene rings is 5. The van der Waals surface area contributed by atoms with Crippen molar-refractivity contribution in [1.29, 1.82) is 0 Å². The van der Waals surface area contributed by atoms with E-state index >= 15 is 0 Å². The molecule has 0 saturated carbocycles. The molecule has 1 heterocycles. The molecule has 0 saturated heterocycles. The molecule has 2 N–H and O–H groups in total. The first-order valence-electron chi connectivity index (χ1n) is 14.2. The number of aryl methyl sites for hydroxylation is 1. The second-order valence-electron chi connectivity index (χ2n) is 10.3. The van der Waals surface area contributed by atoms with E-state index in [2.05, 4.69) is 10.6 Å². The lowest BCUT2D eigenvalue weighted by molar-refractivity contribution is -0.113. The van der Waals surface area contributed by atoms with E-state index in [-0.39, 0.29) is 23.3 Å². The molecule has 0 aliphatic rings. The second kappa shape index (κ2) is 12.9. The van der Waals surface area contributed by atoms with Gasteiger partial charge in [-0.3, -0.25) is 19.0 Å². The summed E-state index contributed by atoms with van der Waals surface area (Å²) in [5.41, 5.74) is 4.66. The molecule has 0 unspecified atom stereocenters. The Balaban J connectivity index is 1.20. The zero-order valence-corrected chi connectivity index (χ0v) is 24.8. The number of fused-ring (bicyclic) bond motifs is 3. The highest BCUT2D eigenvalue weighted by atomic mass is 32.2. The van der Waals surface area contributed by atoms with E-state index in [0.717, 1.165) is 37.8 Å². The van der Waals surface area contributed by atoms with Crippen molar-refractivity contribution in [2.75, 3.05) is 11.1 Å². The maximum Gasteiger partial charge on any atom is 0.272 e. The summed E-state index contributed by atoms with van der Waals surface area (Å²) >= 11 is 1.40. The van der Waals surface area contributed by atoms with Gasteiger partial charge in [0.2, 0.25) is 5.91 Å². The monoisotopic (exact) mass is 595 g/mol. The first-order chi connectivity index (χ1) is 21.5. The maximum atomic E-state index is 13.5. The molecule has 2 amide bonds. The fraction of sp³-hybridized carbons (Fsp3) is 0.0541. The van der Waals surface area contributed by atoms with E-state index in [1.165, 1.54) is 11.8 Å². The molecule has 216 valence electrons. The summed E-state index contributed by atoms with van der Waals surface area (Å²) in [7, 11) is 0. The quantitative estimate of drug-likeness (QED) is 0.138. The van der Waals surface area contributed by atoms with Crippen LogP contribution in [0.15, 0.2) is 138 Å². The Morgan fingerprint density at radius 3 is 2.07 bits per heavy atom. The Labute approximate surface area is 259 Å². The fourth-order valence-corrected chi connectivity index (χ4v) is 5.91. The third-order valence-electron chi connectivity index (χ3n) is 7.30. The molecule has 44 heavy (non-hydrogen) atoms. The molecule has 1 aromatic heterocycles. The van der Waals surface area contributed by atoms with Crippen LogP contribution in [0.25, 0.3) is 27.9 Å². The molecule has 0 fully saturated rings. The lowest BCUT2D eigenvalue weighted by Gasteiger charge is -2.13.